The molecule has 29 heavy (non-hydrogen) atoms. The first-order valence-electron chi connectivity index (χ1n) is 9.56. The number of hydrogen-bond donors (Lipinski definition) is 2. The van der Waals surface area contributed by atoms with Gasteiger partial charge in [0.05, 0.1) is 26.2 Å². The van der Waals surface area contributed by atoms with Crippen molar-refractivity contribution < 1.29 is 19.1 Å². The predicted molar refractivity (Wildman–Crippen MR) is 118 cm³/mol. The van der Waals surface area contributed by atoms with Crippen LogP contribution in [0, 0.1) is 13.8 Å². The van der Waals surface area contributed by atoms with Crippen molar-refractivity contribution in [2.75, 3.05) is 25.1 Å². The molecular formula is C22H27BrN2O4. The average molecular weight is 463 g/mol. The number of ether oxygens (including phenoxy) is 2. The molecule has 2 aromatic rings. The topological polar surface area (TPSA) is 76.7 Å². The molecule has 0 heterocycles. The molecule has 0 fully saturated rings. The third-order valence-corrected chi connectivity index (χ3v) is 4.99. The molecule has 2 amide bonds. The number of para-hydroxylation sites is 1. The first-order valence-corrected chi connectivity index (χ1v) is 10.4. The number of anilines is 1. The van der Waals surface area contributed by atoms with Gasteiger partial charge in [-0.1, -0.05) is 34.1 Å². The van der Waals surface area contributed by atoms with E-state index in [0.29, 0.717) is 24.7 Å². The number of hydrogen-bond acceptors (Lipinski definition) is 4. The maximum Gasteiger partial charge on any atom is 0.243 e. The summed E-state index contributed by atoms with van der Waals surface area (Å²) in [5.41, 5.74) is 3.49. The van der Waals surface area contributed by atoms with Gasteiger partial charge in [0.2, 0.25) is 11.8 Å². The molecular weight excluding hydrogens is 436 g/mol. The fourth-order valence-corrected chi connectivity index (χ4v) is 3.32. The fourth-order valence-electron chi connectivity index (χ4n) is 2.86. The van der Waals surface area contributed by atoms with Crippen LogP contribution in [-0.2, 0) is 16.0 Å². The van der Waals surface area contributed by atoms with Gasteiger partial charge >= 0.3 is 0 Å². The molecule has 0 saturated heterocycles. The number of benzene rings is 2. The standard InChI is InChI=1S/C22H27BrN2O4/c1-5-28-18-10-16(17(23)12-19(18)29-6-2)11-20(26)24-13-21(27)25-22-14(3)8-7-9-15(22)4/h7-10,12H,5-6,11,13H2,1-4H3,(H,24,26)(H,25,27). The van der Waals surface area contributed by atoms with Gasteiger partial charge in [0, 0.05) is 10.2 Å². The van der Waals surface area contributed by atoms with Gasteiger partial charge in [-0.3, -0.25) is 9.59 Å². The van der Waals surface area contributed by atoms with Crippen LogP contribution in [0.2, 0.25) is 0 Å². The lowest BCUT2D eigenvalue weighted by Crippen LogP contribution is -2.34. The molecule has 0 aromatic heterocycles. The van der Waals surface area contributed by atoms with Crippen LogP contribution in [0.3, 0.4) is 0 Å². The molecule has 0 unspecified atom stereocenters. The van der Waals surface area contributed by atoms with Crippen LogP contribution < -0.4 is 20.1 Å². The molecule has 0 aliphatic rings. The molecule has 0 aliphatic carbocycles. The Morgan fingerprint density at radius 2 is 1.55 bits per heavy atom. The highest BCUT2D eigenvalue weighted by atomic mass is 79.9. The van der Waals surface area contributed by atoms with Gasteiger partial charge in [-0.2, -0.15) is 0 Å². The van der Waals surface area contributed by atoms with Crippen LogP contribution in [0.15, 0.2) is 34.8 Å². The maximum atomic E-state index is 12.4. The van der Waals surface area contributed by atoms with E-state index >= 15 is 0 Å². The molecule has 0 atom stereocenters. The van der Waals surface area contributed by atoms with Gasteiger partial charge in [0.15, 0.2) is 11.5 Å². The van der Waals surface area contributed by atoms with Crippen molar-refractivity contribution in [3.8, 4) is 11.5 Å². The molecule has 0 bridgehead atoms. The molecule has 0 saturated carbocycles. The van der Waals surface area contributed by atoms with Gasteiger partial charge < -0.3 is 20.1 Å². The number of nitrogens with one attached hydrogen (secondary N) is 2. The zero-order valence-electron chi connectivity index (χ0n) is 17.2. The minimum absolute atomic E-state index is 0.0976. The molecule has 2 aromatic carbocycles. The van der Waals surface area contributed by atoms with E-state index in [2.05, 4.69) is 26.6 Å². The number of aryl methyl sites for hydroxylation is 2. The van der Waals surface area contributed by atoms with Crippen molar-refractivity contribution in [3.05, 3.63) is 51.5 Å². The van der Waals surface area contributed by atoms with E-state index in [1.54, 1.807) is 12.1 Å². The summed E-state index contributed by atoms with van der Waals surface area (Å²) < 4.78 is 11.9. The molecule has 2 N–H and O–H groups in total. The van der Waals surface area contributed by atoms with E-state index < -0.39 is 0 Å². The van der Waals surface area contributed by atoms with Crippen molar-refractivity contribution in [2.24, 2.45) is 0 Å². The van der Waals surface area contributed by atoms with Gasteiger partial charge in [-0.15, -0.1) is 0 Å². The second-order valence-electron chi connectivity index (χ2n) is 6.52. The van der Waals surface area contributed by atoms with Gasteiger partial charge in [-0.05, 0) is 56.5 Å². The first kappa shape index (κ1) is 22.7. The van der Waals surface area contributed by atoms with E-state index in [-0.39, 0.29) is 24.8 Å². The molecule has 0 radical (unpaired) electrons. The Kier molecular flexibility index (Phi) is 8.51. The number of halogens is 1. The largest absolute Gasteiger partial charge is 0.490 e. The quantitative estimate of drug-likeness (QED) is 0.586. The number of rotatable bonds is 9. The van der Waals surface area contributed by atoms with Crippen LogP contribution in [0.1, 0.15) is 30.5 Å². The lowest BCUT2D eigenvalue weighted by molar-refractivity contribution is -0.123. The number of amides is 2. The zero-order valence-corrected chi connectivity index (χ0v) is 18.8. The Bertz CT molecular complexity index is 863. The summed E-state index contributed by atoms with van der Waals surface area (Å²) in [5.74, 6) is 0.692. The lowest BCUT2D eigenvalue weighted by atomic mass is 10.1. The van der Waals surface area contributed by atoms with Crippen molar-refractivity contribution >= 4 is 33.4 Å². The highest BCUT2D eigenvalue weighted by Gasteiger charge is 2.15. The zero-order chi connectivity index (χ0) is 21.4. The summed E-state index contributed by atoms with van der Waals surface area (Å²) in [6.45, 7) is 8.56. The maximum absolute atomic E-state index is 12.4. The summed E-state index contributed by atoms with van der Waals surface area (Å²) >= 11 is 3.48. The van der Waals surface area contributed by atoms with E-state index in [9.17, 15) is 9.59 Å². The minimum Gasteiger partial charge on any atom is -0.490 e. The van der Waals surface area contributed by atoms with E-state index in [0.717, 1.165) is 26.9 Å². The van der Waals surface area contributed by atoms with E-state index in [1.807, 2.05) is 45.9 Å². The number of carbonyl (C=O) groups excluding carboxylic acids is 2. The van der Waals surface area contributed by atoms with Crippen LogP contribution >= 0.6 is 15.9 Å². The molecule has 2 rings (SSSR count). The second-order valence-corrected chi connectivity index (χ2v) is 7.38. The molecule has 0 aliphatic heterocycles. The summed E-state index contributed by atoms with van der Waals surface area (Å²) in [6, 6.07) is 9.38. The highest BCUT2D eigenvalue weighted by molar-refractivity contribution is 9.10. The summed E-state index contributed by atoms with van der Waals surface area (Å²) in [5, 5.41) is 5.52. The van der Waals surface area contributed by atoms with Crippen LogP contribution in [0.5, 0.6) is 11.5 Å². The highest BCUT2D eigenvalue weighted by Crippen LogP contribution is 2.34. The SMILES string of the molecule is CCOc1cc(Br)c(CC(=O)NCC(=O)Nc2c(C)cccc2C)cc1OCC. The Morgan fingerprint density at radius 3 is 2.14 bits per heavy atom. The van der Waals surface area contributed by atoms with Gasteiger partial charge in [0.25, 0.3) is 0 Å². The molecule has 7 heteroatoms. The third kappa shape index (κ3) is 6.49. The molecule has 0 spiro atoms. The van der Waals surface area contributed by atoms with Crippen molar-refractivity contribution in [3.63, 3.8) is 0 Å². The molecule has 6 nitrogen and oxygen atoms in total. The van der Waals surface area contributed by atoms with Crippen molar-refractivity contribution in [2.45, 2.75) is 34.1 Å². The average Bonchev–Trinajstić information content (AvgIpc) is 2.67. The Labute approximate surface area is 180 Å². The summed E-state index contributed by atoms with van der Waals surface area (Å²) in [6.07, 6.45) is 0.115. The first-order chi connectivity index (χ1) is 13.8. The predicted octanol–water partition coefficient (Wildman–Crippen LogP) is 4.16. The molecule has 156 valence electrons. The summed E-state index contributed by atoms with van der Waals surface area (Å²) in [7, 11) is 0. The van der Waals surface area contributed by atoms with Gasteiger partial charge in [-0.25, -0.2) is 0 Å². The minimum atomic E-state index is -0.267. The van der Waals surface area contributed by atoms with E-state index in [1.165, 1.54) is 0 Å². The Morgan fingerprint density at radius 1 is 0.966 bits per heavy atom. The lowest BCUT2D eigenvalue weighted by Gasteiger charge is -2.14. The Hall–Kier alpha value is -2.54. The van der Waals surface area contributed by atoms with Crippen LogP contribution in [0.4, 0.5) is 5.69 Å². The smallest absolute Gasteiger partial charge is 0.243 e. The normalized spacial score (nSPS) is 10.4. The number of carbonyl (C=O) groups is 2. The Balaban J connectivity index is 1.98. The van der Waals surface area contributed by atoms with Gasteiger partial charge in [0.1, 0.15) is 0 Å². The second kappa shape index (κ2) is 10.9. The van der Waals surface area contributed by atoms with Crippen LogP contribution in [0.25, 0.3) is 0 Å². The summed E-state index contributed by atoms with van der Waals surface area (Å²) in [4.78, 5) is 24.6. The van der Waals surface area contributed by atoms with E-state index in [4.69, 9.17) is 9.47 Å². The monoisotopic (exact) mass is 462 g/mol. The third-order valence-electron chi connectivity index (χ3n) is 4.26. The van der Waals surface area contributed by atoms with Crippen molar-refractivity contribution in [1.82, 2.24) is 5.32 Å². The fraction of sp³-hybridized carbons (Fsp3) is 0.364. The van der Waals surface area contributed by atoms with Crippen LogP contribution in [-0.4, -0.2) is 31.6 Å². The van der Waals surface area contributed by atoms with Crippen molar-refractivity contribution in [1.29, 1.82) is 0 Å².